The molecule has 0 radical (unpaired) electrons. The first-order chi connectivity index (χ1) is 7.84. The normalized spacial score (nSPS) is 16.0. The summed E-state index contributed by atoms with van der Waals surface area (Å²) in [6, 6.07) is 7.54. The van der Waals surface area contributed by atoms with E-state index in [4.69, 9.17) is 10.3 Å². The van der Waals surface area contributed by atoms with Gasteiger partial charge in [-0.3, -0.25) is 0 Å². The van der Waals surface area contributed by atoms with Crippen LogP contribution in [0.4, 0.5) is 5.69 Å². The number of rotatable bonds is 2. The maximum absolute atomic E-state index is 5.86. The minimum atomic E-state index is 0.488. The van der Waals surface area contributed by atoms with Crippen LogP contribution in [0.5, 0.6) is 0 Å². The molecule has 16 heavy (non-hydrogen) atoms. The molecule has 1 aromatic carbocycles. The van der Waals surface area contributed by atoms with E-state index in [1.165, 1.54) is 19.3 Å². The number of nitrogens with two attached hydrogens (primary N) is 1. The molecule has 0 atom stereocenters. The van der Waals surface area contributed by atoms with Crippen molar-refractivity contribution in [1.29, 1.82) is 0 Å². The number of benzene rings is 1. The molecule has 0 amide bonds. The van der Waals surface area contributed by atoms with Gasteiger partial charge in [-0.2, -0.15) is 4.98 Å². The van der Waals surface area contributed by atoms with Gasteiger partial charge in [-0.05, 0) is 25.0 Å². The van der Waals surface area contributed by atoms with Gasteiger partial charge in [0.2, 0.25) is 0 Å². The van der Waals surface area contributed by atoms with E-state index in [0.29, 0.717) is 17.5 Å². The first-order valence-electron chi connectivity index (χ1n) is 5.53. The van der Waals surface area contributed by atoms with Gasteiger partial charge in [0, 0.05) is 11.6 Å². The average molecular weight is 215 g/mol. The molecule has 0 spiro atoms. The molecule has 0 saturated heterocycles. The predicted molar refractivity (Wildman–Crippen MR) is 60.7 cm³/mol. The predicted octanol–water partition coefficient (Wildman–Crippen LogP) is 2.59. The van der Waals surface area contributed by atoms with Crippen LogP contribution in [-0.4, -0.2) is 10.1 Å². The standard InChI is InChI=1S/C12H13N3O/c13-10-7-2-1-6-9(10)12-14-11(15-16-12)8-4-3-5-8/h1-2,6-8H,3-5,13H2. The molecule has 1 fully saturated rings. The monoisotopic (exact) mass is 215 g/mol. The van der Waals surface area contributed by atoms with Gasteiger partial charge in [-0.1, -0.05) is 23.7 Å². The summed E-state index contributed by atoms with van der Waals surface area (Å²) in [4.78, 5) is 4.41. The maximum atomic E-state index is 5.86. The molecule has 0 aliphatic heterocycles. The number of nitrogen functional groups attached to an aromatic ring is 1. The van der Waals surface area contributed by atoms with E-state index in [1.54, 1.807) is 0 Å². The van der Waals surface area contributed by atoms with Crippen molar-refractivity contribution in [2.75, 3.05) is 5.73 Å². The van der Waals surface area contributed by atoms with Gasteiger partial charge in [0.1, 0.15) is 0 Å². The number of nitrogens with zero attached hydrogens (tertiary/aromatic N) is 2. The van der Waals surface area contributed by atoms with E-state index in [2.05, 4.69) is 10.1 Å². The summed E-state index contributed by atoms with van der Waals surface area (Å²) < 4.78 is 5.25. The Morgan fingerprint density at radius 3 is 2.75 bits per heavy atom. The fraction of sp³-hybridized carbons (Fsp3) is 0.333. The van der Waals surface area contributed by atoms with Crippen molar-refractivity contribution in [1.82, 2.24) is 10.1 Å². The van der Waals surface area contributed by atoms with Crippen molar-refractivity contribution in [3.8, 4) is 11.5 Å². The molecule has 1 aliphatic carbocycles. The lowest BCUT2D eigenvalue weighted by molar-refractivity contribution is 0.366. The van der Waals surface area contributed by atoms with Gasteiger partial charge in [0.05, 0.1) is 5.56 Å². The van der Waals surface area contributed by atoms with Crippen LogP contribution >= 0.6 is 0 Å². The third-order valence-corrected chi connectivity index (χ3v) is 3.10. The average Bonchev–Trinajstić information content (AvgIpc) is 2.65. The van der Waals surface area contributed by atoms with Crippen LogP contribution in [0.1, 0.15) is 31.0 Å². The largest absolute Gasteiger partial charge is 0.398 e. The summed E-state index contributed by atoms with van der Waals surface area (Å²) in [5.41, 5.74) is 7.35. The molecule has 4 heteroatoms. The van der Waals surface area contributed by atoms with Crippen LogP contribution in [-0.2, 0) is 0 Å². The van der Waals surface area contributed by atoms with Gasteiger partial charge >= 0.3 is 0 Å². The molecule has 0 unspecified atom stereocenters. The van der Waals surface area contributed by atoms with Crippen LogP contribution in [0.3, 0.4) is 0 Å². The van der Waals surface area contributed by atoms with Gasteiger partial charge in [0.25, 0.3) is 5.89 Å². The Kier molecular flexibility index (Phi) is 2.13. The highest BCUT2D eigenvalue weighted by Crippen LogP contribution is 2.35. The first-order valence-corrected chi connectivity index (χ1v) is 5.53. The quantitative estimate of drug-likeness (QED) is 0.782. The van der Waals surface area contributed by atoms with Crippen molar-refractivity contribution < 1.29 is 4.52 Å². The van der Waals surface area contributed by atoms with Crippen LogP contribution in [0, 0.1) is 0 Å². The molecule has 0 bridgehead atoms. The Bertz CT molecular complexity index is 502. The molecule has 3 rings (SSSR count). The summed E-state index contributed by atoms with van der Waals surface area (Å²) in [5.74, 6) is 1.84. The van der Waals surface area contributed by atoms with Crippen LogP contribution in [0.15, 0.2) is 28.8 Å². The Morgan fingerprint density at radius 1 is 1.25 bits per heavy atom. The Morgan fingerprint density at radius 2 is 2.06 bits per heavy atom. The first kappa shape index (κ1) is 9.39. The number of hydrogen-bond acceptors (Lipinski definition) is 4. The number of aromatic nitrogens is 2. The van der Waals surface area contributed by atoms with E-state index in [0.717, 1.165) is 11.4 Å². The summed E-state index contributed by atoms with van der Waals surface area (Å²) >= 11 is 0. The molecule has 1 saturated carbocycles. The lowest BCUT2D eigenvalue weighted by Gasteiger charge is -2.20. The highest BCUT2D eigenvalue weighted by Gasteiger charge is 2.25. The molecule has 1 heterocycles. The van der Waals surface area contributed by atoms with E-state index in [9.17, 15) is 0 Å². The second-order valence-electron chi connectivity index (χ2n) is 4.17. The number of para-hydroxylation sites is 1. The Balaban J connectivity index is 1.95. The number of anilines is 1. The van der Waals surface area contributed by atoms with E-state index in [1.807, 2.05) is 24.3 Å². The van der Waals surface area contributed by atoms with Crippen LogP contribution in [0.2, 0.25) is 0 Å². The number of hydrogen-bond donors (Lipinski definition) is 1. The molecular formula is C12H13N3O. The van der Waals surface area contributed by atoms with Crippen molar-refractivity contribution in [3.05, 3.63) is 30.1 Å². The summed E-state index contributed by atoms with van der Waals surface area (Å²) in [5, 5.41) is 4.01. The molecule has 1 aliphatic rings. The van der Waals surface area contributed by atoms with Gasteiger partial charge in [-0.15, -0.1) is 0 Å². The van der Waals surface area contributed by atoms with Crippen LogP contribution in [0.25, 0.3) is 11.5 Å². The van der Waals surface area contributed by atoms with Gasteiger partial charge < -0.3 is 10.3 Å². The SMILES string of the molecule is Nc1ccccc1-c1nc(C2CCC2)no1. The second-order valence-corrected chi connectivity index (χ2v) is 4.17. The molecule has 4 nitrogen and oxygen atoms in total. The van der Waals surface area contributed by atoms with Crippen molar-refractivity contribution in [2.24, 2.45) is 0 Å². The summed E-state index contributed by atoms with van der Waals surface area (Å²) in [6.07, 6.45) is 3.61. The minimum absolute atomic E-state index is 0.488. The minimum Gasteiger partial charge on any atom is -0.398 e. The van der Waals surface area contributed by atoms with E-state index < -0.39 is 0 Å². The maximum Gasteiger partial charge on any atom is 0.260 e. The van der Waals surface area contributed by atoms with Crippen molar-refractivity contribution in [2.45, 2.75) is 25.2 Å². The third kappa shape index (κ3) is 1.46. The zero-order valence-corrected chi connectivity index (χ0v) is 8.89. The fourth-order valence-electron chi connectivity index (χ4n) is 1.87. The summed E-state index contributed by atoms with van der Waals surface area (Å²) in [7, 11) is 0. The molecule has 1 aromatic heterocycles. The highest BCUT2D eigenvalue weighted by molar-refractivity contribution is 5.69. The molecule has 82 valence electrons. The van der Waals surface area contributed by atoms with Crippen LogP contribution < -0.4 is 5.73 Å². The zero-order chi connectivity index (χ0) is 11.0. The zero-order valence-electron chi connectivity index (χ0n) is 8.89. The lowest BCUT2D eigenvalue weighted by Crippen LogP contribution is -2.10. The lowest BCUT2D eigenvalue weighted by atomic mass is 9.85. The topological polar surface area (TPSA) is 64.9 Å². The van der Waals surface area contributed by atoms with E-state index >= 15 is 0 Å². The third-order valence-electron chi connectivity index (χ3n) is 3.10. The summed E-state index contributed by atoms with van der Waals surface area (Å²) in [6.45, 7) is 0. The molecule has 2 aromatic rings. The molecule has 2 N–H and O–H groups in total. The Labute approximate surface area is 93.5 Å². The smallest absolute Gasteiger partial charge is 0.260 e. The molecular weight excluding hydrogens is 202 g/mol. The van der Waals surface area contributed by atoms with Gasteiger partial charge in [-0.25, -0.2) is 0 Å². The van der Waals surface area contributed by atoms with Crippen molar-refractivity contribution >= 4 is 5.69 Å². The van der Waals surface area contributed by atoms with Gasteiger partial charge in [0.15, 0.2) is 5.82 Å². The van der Waals surface area contributed by atoms with Crippen molar-refractivity contribution in [3.63, 3.8) is 0 Å². The highest BCUT2D eigenvalue weighted by atomic mass is 16.5. The Hall–Kier alpha value is -1.84. The van der Waals surface area contributed by atoms with E-state index in [-0.39, 0.29) is 0 Å². The second kappa shape index (κ2) is 3.63. The fourth-order valence-corrected chi connectivity index (χ4v) is 1.87.